The van der Waals surface area contributed by atoms with Gasteiger partial charge in [-0.1, -0.05) is 69.3 Å². The third-order valence-electron chi connectivity index (χ3n) is 5.98. The van der Waals surface area contributed by atoms with E-state index in [0.717, 1.165) is 22.3 Å². The van der Waals surface area contributed by atoms with Gasteiger partial charge in [0.1, 0.15) is 6.61 Å². The van der Waals surface area contributed by atoms with E-state index in [0.29, 0.717) is 6.42 Å². The molecule has 7 heteroatoms. The normalized spacial score (nSPS) is 13.5. The van der Waals surface area contributed by atoms with Crippen molar-refractivity contribution < 1.29 is 24.2 Å². The van der Waals surface area contributed by atoms with Crippen LogP contribution in [0.4, 0.5) is 4.79 Å². The van der Waals surface area contributed by atoms with Crippen molar-refractivity contribution in [1.82, 2.24) is 10.6 Å². The maximum Gasteiger partial charge on any atom is 0.407 e. The van der Waals surface area contributed by atoms with Gasteiger partial charge in [0, 0.05) is 24.9 Å². The summed E-state index contributed by atoms with van der Waals surface area (Å²) in [5.74, 6) is -1.17. The number of ether oxygens (including phenoxy) is 1. The minimum Gasteiger partial charge on any atom is -0.481 e. The van der Waals surface area contributed by atoms with E-state index in [1.807, 2.05) is 31.2 Å². The number of benzene rings is 2. The fraction of sp³-hybridized carbons (Fsp3) is 0.423. The fourth-order valence-electron chi connectivity index (χ4n) is 4.21. The highest BCUT2D eigenvalue weighted by atomic mass is 16.5. The van der Waals surface area contributed by atoms with Crippen LogP contribution in [0.25, 0.3) is 11.1 Å². The maximum absolute atomic E-state index is 12.5. The highest BCUT2D eigenvalue weighted by molar-refractivity contribution is 5.79. The van der Waals surface area contributed by atoms with Crippen molar-refractivity contribution in [3.63, 3.8) is 0 Å². The van der Waals surface area contributed by atoms with E-state index in [4.69, 9.17) is 9.84 Å². The molecule has 0 heterocycles. The zero-order chi connectivity index (χ0) is 24.0. The molecule has 1 aliphatic carbocycles. The lowest BCUT2D eigenvalue weighted by Crippen LogP contribution is -2.41. The average molecular weight is 453 g/mol. The molecule has 0 spiro atoms. The SMILES string of the molecule is CC[C@H](CC(=O)NCC(C)(C)CC(=O)O)NC(=O)OCC1c2ccccc2-c2ccccc21. The quantitative estimate of drug-likeness (QED) is 0.498. The molecule has 0 aliphatic heterocycles. The van der Waals surface area contributed by atoms with Crippen molar-refractivity contribution in [2.45, 2.75) is 52.0 Å². The summed E-state index contributed by atoms with van der Waals surface area (Å²) in [5.41, 5.74) is 4.06. The highest BCUT2D eigenvalue weighted by Crippen LogP contribution is 2.44. The lowest BCUT2D eigenvalue weighted by molar-refractivity contribution is -0.139. The standard InChI is InChI=1S/C26H32N2O5/c1-4-17(13-23(29)27-16-26(2,3)14-24(30)31)28-25(32)33-15-22-20-11-7-5-9-18(20)19-10-6-8-12-21(19)22/h5-12,17,22H,4,13-16H2,1-3H3,(H,27,29)(H,28,32)(H,30,31)/t17-/m1/s1. The number of hydrogen-bond donors (Lipinski definition) is 3. The summed E-state index contributed by atoms with van der Waals surface area (Å²) in [4.78, 5) is 35.7. The van der Waals surface area contributed by atoms with Gasteiger partial charge < -0.3 is 20.5 Å². The zero-order valence-corrected chi connectivity index (χ0v) is 19.4. The number of amides is 2. The topological polar surface area (TPSA) is 105 Å². The van der Waals surface area contributed by atoms with Crippen molar-refractivity contribution in [2.75, 3.05) is 13.2 Å². The number of fused-ring (bicyclic) bond motifs is 3. The van der Waals surface area contributed by atoms with Crippen LogP contribution in [-0.4, -0.2) is 42.3 Å². The minimum atomic E-state index is -0.905. The molecule has 3 N–H and O–H groups in total. The molecule has 0 aromatic heterocycles. The van der Waals surface area contributed by atoms with Crippen LogP contribution in [0, 0.1) is 5.41 Å². The molecule has 2 aromatic carbocycles. The summed E-state index contributed by atoms with van der Waals surface area (Å²) in [7, 11) is 0. The lowest BCUT2D eigenvalue weighted by atomic mass is 9.89. The number of carbonyl (C=O) groups is 3. The number of nitrogens with one attached hydrogen (secondary N) is 2. The van der Waals surface area contributed by atoms with Crippen molar-refractivity contribution in [3.8, 4) is 11.1 Å². The molecule has 0 bridgehead atoms. The Kier molecular flexibility index (Phi) is 7.74. The molecule has 176 valence electrons. The molecule has 33 heavy (non-hydrogen) atoms. The Bertz CT molecular complexity index is 972. The van der Waals surface area contributed by atoms with E-state index in [1.165, 1.54) is 0 Å². The molecule has 7 nitrogen and oxygen atoms in total. The monoisotopic (exact) mass is 452 g/mol. The van der Waals surface area contributed by atoms with Gasteiger partial charge in [-0.05, 0) is 34.1 Å². The Morgan fingerprint density at radius 2 is 1.61 bits per heavy atom. The van der Waals surface area contributed by atoms with Crippen LogP contribution in [0.2, 0.25) is 0 Å². The third kappa shape index (κ3) is 6.34. The van der Waals surface area contributed by atoms with Gasteiger partial charge in [-0.2, -0.15) is 0 Å². The molecule has 2 aromatic rings. The van der Waals surface area contributed by atoms with E-state index >= 15 is 0 Å². The van der Waals surface area contributed by atoms with E-state index < -0.39 is 17.5 Å². The number of alkyl carbamates (subject to hydrolysis) is 1. The second kappa shape index (κ2) is 10.5. The van der Waals surface area contributed by atoms with Crippen LogP contribution in [0.3, 0.4) is 0 Å². The van der Waals surface area contributed by atoms with Gasteiger partial charge in [0.05, 0.1) is 6.42 Å². The Morgan fingerprint density at radius 1 is 1.03 bits per heavy atom. The number of carboxylic acid groups (broad SMARTS) is 1. The summed E-state index contributed by atoms with van der Waals surface area (Å²) in [6.07, 6.45) is 0.0744. The third-order valence-corrected chi connectivity index (χ3v) is 5.98. The van der Waals surface area contributed by atoms with Gasteiger partial charge in [-0.25, -0.2) is 4.79 Å². The van der Waals surface area contributed by atoms with Crippen molar-refractivity contribution in [2.24, 2.45) is 5.41 Å². The largest absolute Gasteiger partial charge is 0.481 e. The Labute approximate surface area is 194 Å². The van der Waals surface area contributed by atoms with Gasteiger partial charge in [-0.3, -0.25) is 9.59 Å². The first-order valence-corrected chi connectivity index (χ1v) is 11.3. The van der Waals surface area contributed by atoms with Crippen molar-refractivity contribution in [1.29, 1.82) is 0 Å². The molecule has 2 amide bonds. The van der Waals surface area contributed by atoms with Crippen LogP contribution < -0.4 is 10.6 Å². The molecule has 3 rings (SSSR count). The van der Waals surface area contributed by atoms with Crippen molar-refractivity contribution in [3.05, 3.63) is 59.7 Å². The first-order chi connectivity index (χ1) is 15.7. The van der Waals surface area contributed by atoms with Gasteiger partial charge in [0.25, 0.3) is 0 Å². The molecule has 1 aliphatic rings. The smallest absolute Gasteiger partial charge is 0.407 e. The first-order valence-electron chi connectivity index (χ1n) is 11.3. The fourth-order valence-corrected chi connectivity index (χ4v) is 4.21. The minimum absolute atomic E-state index is 0.0250. The maximum atomic E-state index is 12.5. The summed E-state index contributed by atoms with van der Waals surface area (Å²) < 4.78 is 5.56. The van der Waals surface area contributed by atoms with Gasteiger partial charge in [0.15, 0.2) is 0 Å². The van der Waals surface area contributed by atoms with Crippen LogP contribution in [0.5, 0.6) is 0 Å². The molecular weight excluding hydrogens is 420 g/mol. The van der Waals surface area contributed by atoms with E-state index in [1.54, 1.807) is 13.8 Å². The number of carbonyl (C=O) groups excluding carboxylic acids is 2. The molecule has 0 radical (unpaired) electrons. The van der Waals surface area contributed by atoms with E-state index in [9.17, 15) is 14.4 Å². The average Bonchev–Trinajstić information content (AvgIpc) is 3.09. The molecular formula is C26H32N2O5. The summed E-state index contributed by atoms with van der Waals surface area (Å²) in [6.45, 7) is 5.92. The summed E-state index contributed by atoms with van der Waals surface area (Å²) in [5, 5.41) is 14.5. The zero-order valence-electron chi connectivity index (χ0n) is 19.4. The van der Waals surface area contributed by atoms with E-state index in [2.05, 4.69) is 34.9 Å². The Morgan fingerprint density at radius 3 is 2.15 bits per heavy atom. The van der Waals surface area contributed by atoms with Gasteiger partial charge in [-0.15, -0.1) is 0 Å². The number of carboxylic acids is 1. The van der Waals surface area contributed by atoms with Gasteiger partial charge >= 0.3 is 12.1 Å². The second-order valence-corrected chi connectivity index (χ2v) is 9.29. The van der Waals surface area contributed by atoms with Crippen LogP contribution in [0.1, 0.15) is 57.1 Å². The molecule has 1 atom stereocenters. The van der Waals surface area contributed by atoms with E-state index in [-0.39, 0.29) is 43.9 Å². The Hall–Kier alpha value is -3.35. The molecule has 0 saturated carbocycles. The predicted octanol–water partition coefficient (Wildman–Crippen LogP) is 4.31. The first kappa shape index (κ1) is 24.3. The molecule has 0 saturated heterocycles. The van der Waals surface area contributed by atoms with Crippen LogP contribution in [0.15, 0.2) is 48.5 Å². The molecule has 0 unspecified atom stereocenters. The Balaban J connectivity index is 1.52. The summed E-state index contributed by atoms with van der Waals surface area (Å²) >= 11 is 0. The van der Waals surface area contributed by atoms with Crippen molar-refractivity contribution >= 4 is 18.0 Å². The van der Waals surface area contributed by atoms with Crippen LogP contribution in [-0.2, 0) is 14.3 Å². The second-order valence-electron chi connectivity index (χ2n) is 9.29. The van der Waals surface area contributed by atoms with Crippen LogP contribution >= 0.6 is 0 Å². The highest BCUT2D eigenvalue weighted by Gasteiger charge is 2.29. The van der Waals surface area contributed by atoms with Gasteiger partial charge in [0.2, 0.25) is 5.91 Å². The number of hydrogen-bond acceptors (Lipinski definition) is 4. The lowest BCUT2D eigenvalue weighted by Gasteiger charge is -2.24. The number of aliphatic carboxylic acids is 1. The number of rotatable bonds is 10. The summed E-state index contributed by atoms with van der Waals surface area (Å²) in [6, 6.07) is 15.9. The molecule has 0 fully saturated rings. The predicted molar refractivity (Wildman–Crippen MR) is 126 cm³/mol.